The number of amides is 3. The van der Waals surface area contributed by atoms with Gasteiger partial charge in [0.15, 0.2) is 0 Å². The van der Waals surface area contributed by atoms with E-state index in [4.69, 9.17) is 4.74 Å². The summed E-state index contributed by atoms with van der Waals surface area (Å²) in [7, 11) is 0. The molecule has 2 aromatic rings. The monoisotopic (exact) mass is 599 g/mol. The fourth-order valence-electron chi connectivity index (χ4n) is 8.10. The Labute approximate surface area is 261 Å². The largest absolute Gasteiger partial charge is 0.394 e. The first-order valence-corrected chi connectivity index (χ1v) is 15.7. The van der Waals surface area contributed by atoms with Crippen LogP contribution in [-0.2, 0) is 19.1 Å². The van der Waals surface area contributed by atoms with Gasteiger partial charge in [0.2, 0.25) is 11.8 Å². The molecule has 3 fully saturated rings. The van der Waals surface area contributed by atoms with Crippen LogP contribution in [0.4, 0.5) is 5.69 Å². The molecule has 0 saturated carbocycles. The second-order valence-electron chi connectivity index (χ2n) is 12.6. The quantitative estimate of drug-likeness (QED) is 0.356. The van der Waals surface area contributed by atoms with Gasteiger partial charge in [0.1, 0.15) is 11.6 Å². The van der Waals surface area contributed by atoms with E-state index >= 15 is 4.79 Å². The van der Waals surface area contributed by atoms with Gasteiger partial charge in [-0.2, -0.15) is 0 Å². The summed E-state index contributed by atoms with van der Waals surface area (Å²) in [5.41, 5.74) is 1.18. The molecule has 5 rings (SSSR count). The van der Waals surface area contributed by atoms with Crippen LogP contribution in [0.5, 0.6) is 0 Å². The molecule has 2 unspecified atom stereocenters. The molecule has 1 spiro atoms. The Bertz CT molecular complexity index is 1420. The highest BCUT2D eigenvalue weighted by molar-refractivity contribution is 6.06. The van der Waals surface area contributed by atoms with Gasteiger partial charge in [-0.05, 0) is 56.7 Å². The van der Waals surface area contributed by atoms with Crippen LogP contribution >= 0.6 is 0 Å². The first-order valence-electron chi connectivity index (χ1n) is 15.7. The third-order valence-corrected chi connectivity index (χ3v) is 9.85. The molecule has 8 heteroatoms. The Hall–Kier alpha value is -3.75. The number of nitrogens with zero attached hydrogens (tertiary/aromatic N) is 3. The van der Waals surface area contributed by atoms with Crippen LogP contribution in [0.2, 0.25) is 0 Å². The Morgan fingerprint density at radius 2 is 1.70 bits per heavy atom. The van der Waals surface area contributed by atoms with Gasteiger partial charge < -0.3 is 24.5 Å². The molecule has 3 aliphatic heterocycles. The van der Waals surface area contributed by atoms with Gasteiger partial charge in [0.05, 0.1) is 30.1 Å². The van der Waals surface area contributed by atoms with Crippen LogP contribution < -0.4 is 4.90 Å². The smallest absolute Gasteiger partial charge is 0.253 e. The van der Waals surface area contributed by atoms with Gasteiger partial charge in [-0.3, -0.25) is 14.4 Å². The van der Waals surface area contributed by atoms with E-state index in [1.807, 2.05) is 76.2 Å². The number of hydrogen-bond donors (Lipinski definition) is 1. The maximum absolute atomic E-state index is 15.1. The van der Waals surface area contributed by atoms with Gasteiger partial charge >= 0.3 is 0 Å². The molecule has 6 atom stereocenters. The molecular weight excluding hydrogens is 554 g/mol. The van der Waals surface area contributed by atoms with Crippen LogP contribution in [0.1, 0.15) is 55.8 Å². The van der Waals surface area contributed by atoms with E-state index in [0.717, 1.165) is 23.2 Å². The molecular formula is C36H45N3O5. The number of para-hydroxylation sites is 1. The normalized spacial score (nSPS) is 27.6. The van der Waals surface area contributed by atoms with Crippen molar-refractivity contribution in [2.45, 2.75) is 70.2 Å². The van der Waals surface area contributed by atoms with Crippen molar-refractivity contribution >= 4 is 23.4 Å². The Kier molecular flexibility index (Phi) is 8.87. The van der Waals surface area contributed by atoms with E-state index in [9.17, 15) is 14.7 Å². The van der Waals surface area contributed by atoms with Gasteiger partial charge in [0, 0.05) is 25.3 Å². The second kappa shape index (κ2) is 12.3. The highest BCUT2D eigenvalue weighted by Gasteiger charge is 2.79. The summed E-state index contributed by atoms with van der Waals surface area (Å²) in [6, 6.07) is 13.3. The minimum absolute atomic E-state index is 0.153. The van der Waals surface area contributed by atoms with Gasteiger partial charge in [-0.25, -0.2) is 0 Å². The number of likely N-dealkylation sites (tertiary alicyclic amines) is 1. The number of aliphatic hydroxyl groups excluding tert-OH is 1. The van der Waals surface area contributed by atoms with Crippen molar-refractivity contribution < 1.29 is 24.2 Å². The summed E-state index contributed by atoms with van der Waals surface area (Å²) in [6.07, 6.45) is 5.13. The number of anilines is 1. The summed E-state index contributed by atoms with van der Waals surface area (Å²) < 4.78 is 6.91. The molecule has 0 aromatic heterocycles. The van der Waals surface area contributed by atoms with Crippen molar-refractivity contribution in [3.8, 4) is 0 Å². The van der Waals surface area contributed by atoms with Gasteiger partial charge in [0.25, 0.3) is 5.91 Å². The minimum Gasteiger partial charge on any atom is -0.394 e. The average molecular weight is 600 g/mol. The average Bonchev–Trinajstić information content (AvgIpc) is 3.57. The number of carbonyl (C=O) groups is 3. The van der Waals surface area contributed by atoms with Crippen LogP contribution in [0.3, 0.4) is 0 Å². The summed E-state index contributed by atoms with van der Waals surface area (Å²) in [4.78, 5) is 49.3. The maximum atomic E-state index is 15.1. The predicted molar refractivity (Wildman–Crippen MR) is 171 cm³/mol. The molecule has 2 bridgehead atoms. The fraction of sp³-hybridized carbons (Fsp3) is 0.472. The lowest BCUT2D eigenvalue weighted by molar-refractivity contribution is -0.152. The summed E-state index contributed by atoms with van der Waals surface area (Å²) in [5.74, 6) is -2.42. The highest BCUT2D eigenvalue weighted by atomic mass is 16.5. The van der Waals surface area contributed by atoms with E-state index in [2.05, 4.69) is 13.2 Å². The summed E-state index contributed by atoms with van der Waals surface area (Å²) >= 11 is 0. The lowest BCUT2D eigenvalue weighted by atomic mass is 9.66. The van der Waals surface area contributed by atoms with Crippen molar-refractivity contribution in [2.24, 2.45) is 11.8 Å². The zero-order valence-corrected chi connectivity index (χ0v) is 26.4. The number of carbonyl (C=O) groups excluding carboxylic acids is 3. The van der Waals surface area contributed by atoms with E-state index in [-0.39, 0.29) is 30.9 Å². The molecule has 234 valence electrons. The molecule has 3 heterocycles. The summed E-state index contributed by atoms with van der Waals surface area (Å²) in [5, 5.41) is 10.8. The third kappa shape index (κ3) is 4.88. The van der Waals surface area contributed by atoms with E-state index in [0.29, 0.717) is 31.5 Å². The molecule has 44 heavy (non-hydrogen) atoms. The van der Waals surface area contributed by atoms with Crippen molar-refractivity contribution in [3.63, 3.8) is 0 Å². The number of rotatable bonds is 12. The van der Waals surface area contributed by atoms with Gasteiger partial charge in [-0.1, -0.05) is 67.6 Å². The zero-order valence-electron chi connectivity index (χ0n) is 26.4. The minimum atomic E-state index is -1.23. The molecule has 3 aliphatic rings. The van der Waals surface area contributed by atoms with Crippen molar-refractivity contribution in [1.29, 1.82) is 0 Å². The summed E-state index contributed by atoms with van der Waals surface area (Å²) in [6.45, 7) is 16.3. The SMILES string of the molecule is C=CCN(CCC)C(=O)[C@H]1[C@H]2C(=O)N([C@H](CO)c3ccccc3)C(C(=O)N(CC=C)c3c(C)cccc3C)C23CC[C@]1(C)O3. The Balaban J connectivity index is 1.69. The third-order valence-electron chi connectivity index (χ3n) is 9.85. The topological polar surface area (TPSA) is 90.4 Å². The molecule has 1 N–H and O–H groups in total. The number of fused-ring (bicyclic) bond motifs is 1. The highest BCUT2D eigenvalue weighted by Crippen LogP contribution is 2.64. The van der Waals surface area contributed by atoms with E-state index in [1.165, 1.54) is 4.90 Å². The molecule has 2 aromatic carbocycles. The zero-order chi connectivity index (χ0) is 31.8. The molecule has 3 amide bonds. The van der Waals surface area contributed by atoms with E-state index in [1.54, 1.807) is 22.0 Å². The number of aliphatic hydroxyl groups is 1. The van der Waals surface area contributed by atoms with Crippen LogP contribution in [0, 0.1) is 25.7 Å². The number of hydrogen-bond acceptors (Lipinski definition) is 5. The lowest BCUT2D eigenvalue weighted by Crippen LogP contribution is -2.57. The first kappa shape index (κ1) is 31.7. The van der Waals surface area contributed by atoms with Crippen LogP contribution in [-0.4, -0.2) is 76.1 Å². The lowest BCUT2D eigenvalue weighted by Gasteiger charge is -2.40. The Morgan fingerprint density at radius 1 is 1.05 bits per heavy atom. The maximum Gasteiger partial charge on any atom is 0.253 e. The first-order chi connectivity index (χ1) is 21.1. The van der Waals surface area contributed by atoms with Crippen LogP contribution in [0.15, 0.2) is 73.8 Å². The predicted octanol–water partition coefficient (Wildman–Crippen LogP) is 4.75. The number of ether oxygens (including phenoxy) is 1. The van der Waals surface area contributed by atoms with E-state index < -0.39 is 35.1 Å². The molecule has 0 aliphatic carbocycles. The molecule has 0 radical (unpaired) electrons. The van der Waals surface area contributed by atoms with Crippen molar-refractivity contribution in [2.75, 3.05) is 31.1 Å². The number of aryl methyl sites for hydroxylation is 2. The number of benzene rings is 2. The second-order valence-corrected chi connectivity index (χ2v) is 12.6. The van der Waals surface area contributed by atoms with Crippen molar-refractivity contribution in [1.82, 2.24) is 9.80 Å². The van der Waals surface area contributed by atoms with Crippen molar-refractivity contribution in [3.05, 3.63) is 90.5 Å². The standard InChI is InChI=1S/C36H45N3O5/c1-7-20-37(21-8-2)32(41)28-29-33(42)39(27(23-40)26-16-11-10-12-17-26)31(36(29)19-18-35(28,6)44-36)34(43)38(22-9-3)30-24(4)14-13-15-25(30)5/h7,9-17,27-29,31,40H,1,3,8,18-23H2,2,4-6H3/t27-,28-,29+,31?,35+,36?/m1/s1. The molecule has 3 saturated heterocycles. The van der Waals surface area contributed by atoms with Gasteiger partial charge in [-0.15, -0.1) is 13.2 Å². The Morgan fingerprint density at radius 3 is 2.30 bits per heavy atom. The van der Waals surface area contributed by atoms with Crippen LogP contribution in [0.25, 0.3) is 0 Å². The molecule has 8 nitrogen and oxygen atoms in total. The fourth-order valence-corrected chi connectivity index (χ4v) is 8.10.